The second kappa shape index (κ2) is 5.75. The van der Waals surface area contributed by atoms with Crippen LogP contribution in [-0.4, -0.2) is 44.1 Å². The van der Waals surface area contributed by atoms with Gasteiger partial charge in [0.25, 0.3) is 0 Å². The van der Waals surface area contributed by atoms with E-state index >= 15 is 0 Å². The molecule has 0 aromatic carbocycles. The van der Waals surface area contributed by atoms with Crippen molar-refractivity contribution in [2.24, 2.45) is 5.73 Å². The number of nitrogens with zero attached hydrogens (tertiary/aromatic N) is 5. The summed E-state index contributed by atoms with van der Waals surface area (Å²) in [6.07, 6.45) is 3.28. The van der Waals surface area contributed by atoms with Crippen molar-refractivity contribution in [3.8, 4) is 0 Å². The maximum Gasteiger partial charge on any atom is 0.0971 e. The SMILES string of the molecule is CN(C)CCn1ncc(Cl)c1C(N)c1cnsn1. The van der Waals surface area contributed by atoms with Gasteiger partial charge in [-0.3, -0.25) is 4.68 Å². The van der Waals surface area contributed by atoms with Crippen molar-refractivity contribution in [2.45, 2.75) is 12.6 Å². The summed E-state index contributed by atoms with van der Waals surface area (Å²) >= 11 is 7.28. The first-order chi connectivity index (χ1) is 8.59. The molecule has 98 valence electrons. The molecule has 0 saturated heterocycles. The van der Waals surface area contributed by atoms with Crippen molar-refractivity contribution >= 4 is 23.3 Å². The highest BCUT2D eigenvalue weighted by atomic mass is 35.5. The minimum atomic E-state index is -0.388. The van der Waals surface area contributed by atoms with Crippen LogP contribution in [0.4, 0.5) is 0 Å². The van der Waals surface area contributed by atoms with Crippen molar-refractivity contribution < 1.29 is 0 Å². The van der Waals surface area contributed by atoms with Crippen LogP contribution in [0.3, 0.4) is 0 Å². The van der Waals surface area contributed by atoms with E-state index in [2.05, 4.69) is 18.7 Å². The molecule has 1 unspecified atom stereocenters. The van der Waals surface area contributed by atoms with E-state index in [9.17, 15) is 0 Å². The van der Waals surface area contributed by atoms with E-state index in [-0.39, 0.29) is 6.04 Å². The van der Waals surface area contributed by atoms with Gasteiger partial charge in [0.05, 0.1) is 53.1 Å². The lowest BCUT2D eigenvalue weighted by Crippen LogP contribution is -2.23. The van der Waals surface area contributed by atoms with Gasteiger partial charge in [0.15, 0.2) is 0 Å². The van der Waals surface area contributed by atoms with E-state index in [4.69, 9.17) is 17.3 Å². The standard InChI is InChI=1S/C10H15ClN6S/c1-16(2)3-4-17-10(7(11)5-13-17)9(12)8-6-14-18-15-8/h5-6,9H,3-4,12H2,1-2H3. The molecule has 0 aliphatic carbocycles. The zero-order valence-corrected chi connectivity index (χ0v) is 11.8. The van der Waals surface area contributed by atoms with Gasteiger partial charge in [-0.05, 0) is 14.1 Å². The molecule has 2 aromatic heterocycles. The van der Waals surface area contributed by atoms with Crippen LogP contribution in [0.15, 0.2) is 12.4 Å². The first-order valence-corrected chi connectivity index (χ1v) is 6.59. The number of hydrogen-bond donors (Lipinski definition) is 1. The lowest BCUT2D eigenvalue weighted by molar-refractivity contribution is 0.368. The summed E-state index contributed by atoms with van der Waals surface area (Å²) in [5, 5.41) is 4.82. The van der Waals surface area contributed by atoms with Crippen LogP contribution >= 0.6 is 23.3 Å². The normalized spacial score (nSPS) is 13.2. The number of rotatable bonds is 5. The third-order valence-corrected chi connectivity index (χ3v) is 3.37. The fourth-order valence-corrected chi connectivity index (χ4v) is 2.32. The molecule has 2 N–H and O–H groups in total. The van der Waals surface area contributed by atoms with E-state index in [0.29, 0.717) is 10.7 Å². The topological polar surface area (TPSA) is 72.9 Å². The van der Waals surface area contributed by atoms with Crippen LogP contribution in [0.2, 0.25) is 5.02 Å². The lowest BCUT2D eigenvalue weighted by atomic mass is 10.1. The Morgan fingerprint density at radius 1 is 1.50 bits per heavy atom. The maximum atomic E-state index is 6.16. The van der Waals surface area contributed by atoms with E-state index in [1.807, 2.05) is 18.8 Å². The third-order valence-electron chi connectivity index (χ3n) is 2.58. The number of halogens is 1. The molecule has 2 aromatic rings. The van der Waals surface area contributed by atoms with Gasteiger partial charge < -0.3 is 10.6 Å². The van der Waals surface area contributed by atoms with Gasteiger partial charge in [-0.25, -0.2) is 0 Å². The van der Waals surface area contributed by atoms with E-state index in [1.54, 1.807) is 12.4 Å². The number of hydrogen-bond acceptors (Lipinski definition) is 6. The average molecular weight is 287 g/mol. The summed E-state index contributed by atoms with van der Waals surface area (Å²) in [6, 6.07) is -0.388. The molecule has 0 aliphatic rings. The summed E-state index contributed by atoms with van der Waals surface area (Å²) in [5.74, 6) is 0. The van der Waals surface area contributed by atoms with Crippen LogP contribution < -0.4 is 5.73 Å². The van der Waals surface area contributed by atoms with Crippen molar-refractivity contribution in [3.63, 3.8) is 0 Å². The quantitative estimate of drug-likeness (QED) is 0.888. The first-order valence-electron chi connectivity index (χ1n) is 5.48. The number of likely N-dealkylation sites (N-methyl/N-ethyl adjacent to an activating group) is 1. The summed E-state index contributed by atoms with van der Waals surface area (Å²) in [6.45, 7) is 1.60. The molecule has 0 fully saturated rings. The molecule has 0 saturated carbocycles. The Kier molecular flexibility index (Phi) is 4.28. The highest BCUT2D eigenvalue weighted by Gasteiger charge is 2.20. The molecule has 0 amide bonds. The predicted octanol–water partition coefficient (Wildman–Crippen LogP) is 0.998. The van der Waals surface area contributed by atoms with Crippen LogP contribution in [0, 0.1) is 0 Å². The molecular weight excluding hydrogens is 272 g/mol. The van der Waals surface area contributed by atoms with Crippen LogP contribution in [0.5, 0.6) is 0 Å². The minimum Gasteiger partial charge on any atom is -0.318 e. The average Bonchev–Trinajstić information content (AvgIpc) is 2.94. The molecule has 8 heteroatoms. The Morgan fingerprint density at radius 3 is 2.89 bits per heavy atom. The van der Waals surface area contributed by atoms with Crippen molar-refractivity contribution in [1.82, 2.24) is 23.4 Å². The summed E-state index contributed by atoms with van der Waals surface area (Å²) in [7, 11) is 4.02. The molecule has 2 heterocycles. The van der Waals surface area contributed by atoms with Gasteiger partial charge >= 0.3 is 0 Å². The number of aromatic nitrogens is 4. The molecule has 2 rings (SSSR count). The molecule has 18 heavy (non-hydrogen) atoms. The highest BCUT2D eigenvalue weighted by molar-refractivity contribution is 6.99. The fourth-order valence-electron chi connectivity index (χ4n) is 1.60. The Bertz CT molecular complexity index is 494. The van der Waals surface area contributed by atoms with Crippen molar-refractivity contribution in [2.75, 3.05) is 20.6 Å². The van der Waals surface area contributed by atoms with E-state index < -0.39 is 0 Å². The fraction of sp³-hybridized carbons (Fsp3) is 0.500. The van der Waals surface area contributed by atoms with E-state index in [0.717, 1.165) is 30.5 Å². The van der Waals surface area contributed by atoms with Gasteiger partial charge in [-0.2, -0.15) is 13.8 Å². The largest absolute Gasteiger partial charge is 0.318 e. The molecule has 0 aliphatic heterocycles. The lowest BCUT2D eigenvalue weighted by Gasteiger charge is -2.15. The molecule has 0 spiro atoms. The summed E-state index contributed by atoms with van der Waals surface area (Å²) in [4.78, 5) is 2.08. The first kappa shape index (κ1) is 13.4. The smallest absolute Gasteiger partial charge is 0.0971 e. The Hall–Kier alpha value is -1.02. The maximum absolute atomic E-state index is 6.16. The van der Waals surface area contributed by atoms with Gasteiger partial charge in [0, 0.05) is 6.54 Å². The Balaban J connectivity index is 2.23. The van der Waals surface area contributed by atoms with Crippen LogP contribution in [0.1, 0.15) is 17.4 Å². The van der Waals surface area contributed by atoms with Gasteiger partial charge in [-0.1, -0.05) is 11.6 Å². The summed E-state index contributed by atoms with van der Waals surface area (Å²) < 4.78 is 9.93. The van der Waals surface area contributed by atoms with Crippen molar-refractivity contribution in [1.29, 1.82) is 0 Å². The van der Waals surface area contributed by atoms with Crippen LogP contribution in [-0.2, 0) is 6.54 Å². The molecular formula is C10H15ClN6S. The van der Waals surface area contributed by atoms with Gasteiger partial charge in [-0.15, -0.1) is 0 Å². The molecule has 0 bridgehead atoms. The summed E-state index contributed by atoms with van der Waals surface area (Å²) in [5.41, 5.74) is 7.66. The van der Waals surface area contributed by atoms with Gasteiger partial charge in [0.2, 0.25) is 0 Å². The zero-order chi connectivity index (χ0) is 13.1. The molecule has 6 nitrogen and oxygen atoms in total. The van der Waals surface area contributed by atoms with Gasteiger partial charge in [0.1, 0.15) is 0 Å². The molecule has 1 atom stereocenters. The second-order valence-electron chi connectivity index (χ2n) is 4.21. The molecule has 0 radical (unpaired) electrons. The predicted molar refractivity (Wildman–Crippen MR) is 71.7 cm³/mol. The third kappa shape index (κ3) is 2.86. The van der Waals surface area contributed by atoms with E-state index in [1.165, 1.54) is 0 Å². The second-order valence-corrected chi connectivity index (χ2v) is 5.18. The Morgan fingerprint density at radius 2 is 2.28 bits per heavy atom. The van der Waals surface area contributed by atoms with Crippen molar-refractivity contribution in [3.05, 3.63) is 28.8 Å². The minimum absolute atomic E-state index is 0.388. The van der Waals surface area contributed by atoms with Crippen LogP contribution in [0.25, 0.3) is 0 Å². The Labute approximate surface area is 115 Å². The highest BCUT2D eigenvalue weighted by Crippen LogP contribution is 2.25. The zero-order valence-electron chi connectivity index (χ0n) is 10.2. The monoisotopic (exact) mass is 286 g/mol. The number of nitrogens with two attached hydrogens (primary N) is 1.